The van der Waals surface area contributed by atoms with E-state index in [-0.39, 0.29) is 18.5 Å². The third-order valence-electron chi connectivity index (χ3n) is 2.70. The molecule has 0 saturated heterocycles. The van der Waals surface area contributed by atoms with Crippen LogP contribution in [0.5, 0.6) is 0 Å². The first-order valence-electron chi connectivity index (χ1n) is 7.51. The van der Waals surface area contributed by atoms with E-state index in [0.29, 0.717) is 0 Å². The van der Waals surface area contributed by atoms with Gasteiger partial charge in [0.1, 0.15) is 5.60 Å². The lowest BCUT2D eigenvalue weighted by Gasteiger charge is -2.24. The van der Waals surface area contributed by atoms with E-state index < -0.39 is 17.7 Å². The number of rotatable bonds is 5. The van der Waals surface area contributed by atoms with E-state index in [1.807, 2.05) is 24.3 Å². The predicted octanol–water partition coefficient (Wildman–Crippen LogP) is 4.36. The molecule has 1 aromatic carbocycles. The molecule has 23 heavy (non-hydrogen) atoms. The van der Waals surface area contributed by atoms with Crippen molar-refractivity contribution in [3.05, 3.63) is 34.3 Å². The van der Waals surface area contributed by atoms with E-state index in [1.54, 1.807) is 34.6 Å². The second-order valence-corrected chi connectivity index (χ2v) is 7.41. The summed E-state index contributed by atoms with van der Waals surface area (Å²) in [5.74, 6) is -0.371. The molecule has 5 nitrogen and oxygen atoms in total. The molecule has 0 spiro atoms. The Balaban J connectivity index is 2.86. The molecule has 0 aliphatic rings. The molecule has 0 radical (unpaired) electrons. The minimum absolute atomic E-state index is 0.0407. The first-order chi connectivity index (χ1) is 10.6. The van der Waals surface area contributed by atoms with Gasteiger partial charge in [0.05, 0.1) is 18.6 Å². The molecular formula is C17H24BrNO4. The summed E-state index contributed by atoms with van der Waals surface area (Å²) in [7, 11) is 0. The van der Waals surface area contributed by atoms with E-state index in [9.17, 15) is 9.59 Å². The summed E-state index contributed by atoms with van der Waals surface area (Å²) < 4.78 is 11.4. The van der Waals surface area contributed by atoms with Crippen LogP contribution >= 0.6 is 15.9 Å². The Labute approximate surface area is 145 Å². The monoisotopic (exact) mass is 385 g/mol. The molecule has 6 heteroatoms. The summed E-state index contributed by atoms with van der Waals surface area (Å²) >= 11 is 3.37. The number of alkyl carbamates (subject to hydrolysis) is 1. The number of carbonyl (C=O) groups excluding carboxylic acids is 2. The molecule has 0 heterocycles. The van der Waals surface area contributed by atoms with E-state index in [2.05, 4.69) is 21.2 Å². The Morgan fingerprint density at radius 2 is 1.74 bits per heavy atom. The quantitative estimate of drug-likeness (QED) is 0.764. The van der Waals surface area contributed by atoms with Crippen molar-refractivity contribution in [3.8, 4) is 0 Å². The van der Waals surface area contributed by atoms with Crippen molar-refractivity contribution in [2.75, 3.05) is 0 Å². The summed E-state index contributed by atoms with van der Waals surface area (Å²) in [6.07, 6.45) is -0.726. The van der Waals surface area contributed by atoms with E-state index >= 15 is 0 Å². The molecule has 0 saturated carbocycles. The summed E-state index contributed by atoms with van der Waals surface area (Å²) in [5, 5.41) is 2.74. The van der Waals surface area contributed by atoms with Crippen LogP contribution in [0, 0.1) is 0 Å². The lowest BCUT2D eigenvalue weighted by Crippen LogP contribution is -2.36. The standard InChI is InChI=1S/C17H24BrNO4/c1-11(2)22-15(20)10-14(12-6-8-13(18)9-7-12)19-16(21)23-17(3,4)5/h6-9,11,14H,10H2,1-5H3,(H,19,21)/t14-/m1/s1. The van der Waals surface area contributed by atoms with Crippen molar-refractivity contribution >= 4 is 28.0 Å². The third kappa shape index (κ3) is 8.02. The molecule has 0 fully saturated rings. The minimum Gasteiger partial charge on any atom is -0.463 e. The van der Waals surface area contributed by atoms with Gasteiger partial charge in [0, 0.05) is 4.47 Å². The zero-order chi connectivity index (χ0) is 17.6. The van der Waals surface area contributed by atoms with Crippen molar-refractivity contribution in [3.63, 3.8) is 0 Å². The fourth-order valence-electron chi connectivity index (χ4n) is 1.87. The highest BCUT2D eigenvalue weighted by Crippen LogP contribution is 2.21. The summed E-state index contributed by atoms with van der Waals surface area (Å²) in [5.41, 5.74) is 0.201. The Bertz CT molecular complexity index is 535. The lowest BCUT2D eigenvalue weighted by atomic mass is 10.0. The molecule has 0 aliphatic heterocycles. The lowest BCUT2D eigenvalue weighted by molar-refractivity contribution is -0.147. The third-order valence-corrected chi connectivity index (χ3v) is 3.23. The van der Waals surface area contributed by atoms with Crippen LogP contribution in [0.25, 0.3) is 0 Å². The van der Waals surface area contributed by atoms with Gasteiger partial charge in [-0.1, -0.05) is 28.1 Å². The van der Waals surface area contributed by atoms with Crippen LogP contribution in [-0.2, 0) is 14.3 Å². The molecule has 0 aliphatic carbocycles. The number of esters is 1. The first kappa shape index (κ1) is 19.5. The van der Waals surface area contributed by atoms with Crippen LogP contribution in [0.4, 0.5) is 4.79 Å². The zero-order valence-electron chi connectivity index (χ0n) is 14.2. The Kier molecular flexibility index (Phi) is 7.06. The van der Waals surface area contributed by atoms with Gasteiger partial charge < -0.3 is 14.8 Å². The predicted molar refractivity (Wildman–Crippen MR) is 92.1 cm³/mol. The average molecular weight is 386 g/mol. The van der Waals surface area contributed by atoms with Gasteiger partial charge in [0.2, 0.25) is 0 Å². The number of ether oxygens (including phenoxy) is 2. The van der Waals surface area contributed by atoms with Gasteiger partial charge in [-0.3, -0.25) is 4.79 Å². The van der Waals surface area contributed by atoms with Crippen molar-refractivity contribution in [2.24, 2.45) is 0 Å². The average Bonchev–Trinajstić information content (AvgIpc) is 2.35. The van der Waals surface area contributed by atoms with Gasteiger partial charge in [0.25, 0.3) is 0 Å². The number of nitrogens with one attached hydrogen (secondary N) is 1. The van der Waals surface area contributed by atoms with Crippen molar-refractivity contribution in [1.82, 2.24) is 5.32 Å². The minimum atomic E-state index is -0.604. The molecule has 1 amide bonds. The number of halogens is 1. The van der Waals surface area contributed by atoms with Crippen LogP contribution in [0.15, 0.2) is 28.7 Å². The van der Waals surface area contributed by atoms with Crippen molar-refractivity contribution in [2.45, 2.75) is 58.8 Å². The molecule has 0 bridgehead atoms. The maximum Gasteiger partial charge on any atom is 0.408 e. The Hall–Kier alpha value is -1.56. The summed E-state index contributed by atoms with van der Waals surface area (Å²) in [4.78, 5) is 24.0. The highest BCUT2D eigenvalue weighted by molar-refractivity contribution is 9.10. The second kappa shape index (κ2) is 8.34. The first-order valence-corrected chi connectivity index (χ1v) is 8.30. The largest absolute Gasteiger partial charge is 0.463 e. The maximum atomic E-state index is 12.0. The molecule has 0 aromatic heterocycles. The Morgan fingerprint density at radius 3 is 2.22 bits per heavy atom. The maximum absolute atomic E-state index is 12.0. The van der Waals surface area contributed by atoms with Crippen LogP contribution in [0.1, 0.15) is 52.6 Å². The number of carbonyl (C=O) groups is 2. The molecule has 128 valence electrons. The zero-order valence-corrected chi connectivity index (χ0v) is 15.8. The SMILES string of the molecule is CC(C)OC(=O)C[C@@H](NC(=O)OC(C)(C)C)c1ccc(Br)cc1. The topological polar surface area (TPSA) is 64.6 Å². The highest BCUT2D eigenvalue weighted by Gasteiger charge is 2.23. The van der Waals surface area contributed by atoms with Crippen LogP contribution in [0.2, 0.25) is 0 Å². The van der Waals surface area contributed by atoms with Crippen LogP contribution < -0.4 is 5.32 Å². The van der Waals surface area contributed by atoms with Gasteiger partial charge in [-0.05, 0) is 52.3 Å². The smallest absolute Gasteiger partial charge is 0.408 e. The Morgan fingerprint density at radius 1 is 1.17 bits per heavy atom. The molecule has 1 N–H and O–H groups in total. The number of benzene rings is 1. The van der Waals surface area contributed by atoms with Gasteiger partial charge in [0.15, 0.2) is 0 Å². The highest BCUT2D eigenvalue weighted by atomic mass is 79.9. The van der Waals surface area contributed by atoms with Crippen molar-refractivity contribution < 1.29 is 19.1 Å². The van der Waals surface area contributed by atoms with Crippen molar-refractivity contribution in [1.29, 1.82) is 0 Å². The van der Waals surface area contributed by atoms with E-state index in [1.165, 1.54) is 0 Å². The van der Waals surface area contributed by atoms with Crippen LogP contribution in [0.3, 0.4) is 0 Å². The van der Waals surface area contributed by atoms with Gasteiger partial charge >= 0.3 is 12.1 Å². The number of hydrogen-bond donors (Lipinski definition) is 1. The second-order valence-electron chi connectivity index (χ2n) is 6.49. The molecule has 1 rings (SSSR count). The van der Waals surface area contributed by atoms with E-state index in [0.717, 1.165) is 10.0 Å². The van der Waals surface area contributed by atoms with Gasteiger partial charge in [-0.15, -0.1) is 0 Å². The normalized spacial score (nSPS) is 12.7. The molecule has 0 unspecified atom stereocenters. The summed E-state index contributed by atoms with van der Waals surface area (Å²) in [6, 6.07) is 6.88. The van der Waals surface area contributed by atoms with Crippen LogP contribution in [-0.4, -0.2) is 23.8 Å². The molecular weight excluding hydrogens is 362 g/mol. The van der Waals surface area contributed by atoms with Gasteiger partial charge in [-0.2, -0.15) is 0 Å². The molecule has 1 atom stereocenters. The molecule has 1 aromatic rings. The fraction of sp³-hybridized carbons (Fsp3) is 0.529. The summed E-state index contributed by atoms with van der Waals surface area (Å²) in [6.45, 7) is 8.93. The van der Waals surface area contributed by atoms with Gasteiger partial charge in [-0.25, -0.2) is 4.79 Å². The number of amides is 1. The number of hydrogen-bond acceptors (Lipinski definition) is 4. The fourth-order valence-corrected chi connectivity index (χ4v) is 2.14. The van der Waals surface area contributed by atoms with E-state index in [4.69, 9.17) is 9.47 Å².